The van der Waals surface area contributed by atoms with Crippen LogP contribution in [0.25, 0.3) is 0 Å². The predicted octanol–water partition coefficient (Wildman–Crippen LogP) is 2.11. The minimum atomic E-state index is -3.79. The van der Waals surface area contributed by atoms with Gasteiger partial charge >= 0.3 is 5.97 Å². The number of aliphatic carboxylic acids is 1. The van der Waals surface area contributed by atoms with Gasteiger partial charge in [-0.05, 0) is 31.5 Å². The zero-order chi connectivity index (χ0) is 15.8. The van der Waals surface area contributed by atoms with Gasteiger partial charge < -0.3 is 5.11 Å². The fraction of sp³-hybridized carbons (Fsp3) is 0.462. The minimum absolute atomic E-state index is 0.0218. The highest BCUT2D eigenvalue weighted by Gasteiger charge is 2.44. The summed E-state index contributed by atoms with van der Waals surface area (Å²) in [7, 11) is -3.79. The van der Waals surface area contributed by atoms with Gasteiger partial charge in [0.15, 0.2) is 0 Å². The van der Waals surface area contributed by atoms with Gasteiger partial charge in [0.05, 0.1) is 11.2 Å². The summed E-state index contributed by atoms with van der Waals surface area (Å²) < 4.78 is 39.3. The summed E-state index contributed by atoms with van der Waals surface area (Å²) in [5.41, 5.74) is -1.12. The highest BCUT2D eigenvalue weighted by molar-refractivity contribution is 7.88. The Balaban J connectivity index is 2.20. The SMILES string of the molecule is CC1(C(=O)O)CCN(S(=O)(=O)Cc2cc(Cl)ccc2F)C1. The number of hydrogen-bond donors (Lipinski definition) is 1. The van der Waals surface area contributed by atoms with Gasteiger partial charge in [-0.3, -0.25) is 4.79 Å². The Morgan fingerprint density at radius 1 is 1.52 bits per heavy atom. The number of rotatable bonds is 4. The Hall–Kier alpha value is -1.18. The molecule has 1 aromatic rings. The van der Waals surface area contributed by atoms with Crippen LogP contribution in [-0.2, 0) is 20.6 Å². The van der Waals surface area contributed by atoms with E-state index in [1.807, 2.05) is 0 Å². The molecule has 2 rings (SSSR count). The van der Waals surface area contributed by atoms with Crippen molar-refractivity contribution < 1.29 is 22.7 Å². The molecule has 1 fully saturated rings. The number of halogens is 2. The summed E-state index contributed by atoms with van der Waals surface area (Å²) in [6.07, 6.45) is 0.236. The van der Waals surface area contributed by atoms with Crippen molar-refractivity contribution in [1.29, 1.82) is 0 Å². The molecule has 1 aliphatic heterocycles. The van der Waals surface area contributed by atoms with Crippen molar-refractivity contribution in [2.24, 2.45) is 5.41 Å². The average molecular weight is 336 g/mol. The molecule has 1 aliphatic rings. The lowest BCUT2D eigenvalue weighted by Gasteiger charge is -2.20. The summed E-state index contributed by atoms with van der Waals surface area (Å²) in [6, 6.07) is 3.71. The monoisotopic (exact) mass is 335 g/mol. The van der Waals surface area contributed by atoms with E-state index in [2.05, 4.69) is 0 Å². The van der Waals surface area contributed by atoms with Crippen LogP contribution in [0.15, 0.2) is 18.2 Å². The summed E-state index contributed by atoms with van der Waals surface area (Å²) in [5.74, 6) is -2.22. The second-order valence-electron chi connectivity index (χ2n) is 5.44. The summed E-state index contributed by atoms with van der Waals surface area (Å²) in [4.78, 5) is 11.2. The summed E-state index contributed by atoms with van der Waals surface area (Å²) in [6.45, 7) is 1.52. The van der Waals surface area contributed by atoms with Gasteiger partial charge in [-0.15, -0.1) is 0 Å². The highest BCUT2D eigenvalue weighted by atomic mass is 35.5. The lowest BCUT2D eigenvalue weighted by atomic mass is 9.90. The Bertz CT molecular complexity index is 679. The first kappa shape index (κ1) is 16.2. The van der Waals surface area contributed by atoms with Crippen molar-refractivity contribution >= 4 is 27.6 Å². The van der Waals surface area contributed by atoms with E-state index in [-0.39, 0.29) is 30.1 Å². The minimum Gasteiger partial charge on any atom is -0.481 e. The van der Waals surface area contributed by atoms with Crippen LogP contribution in [0.4, 0.5) is 4.39 Å². The van der Waals surface area contributed by atoms with E-state index in [4.69, 9.17) is 16.7 Å². The van der Waals surface area contributed by atoms with Gasteiger partial charge in [0.2, 0.25) is 10.0 Å². The molecule has 0 aliphatic carbocycles. The predicted molar refractivity (Wildman–Crippen MR) is 76.0 cm³/mol. The number of hydrogen-bond acceptors (Lipinski definition) is 3. The molecule has 0 radical (unpaired) electrons. The maximum Gasteiger partial charge on any atom is 0.310 e. The third-order valence-corrected chi connectivity index (χ3v) is 5.70. The third kappa shape index (κ3) is 3.36. The van der Waals surface area contributed by atoms with E-state index in [1.54, 1.807) is 0 Å². The van der Waals surface area contributed by atoms with Gasteiger partial charge in [0.1, 0.15) is 5.82 Å². The average Bonchev–Trinajstić information content (AvgIpc) is 2.79. The molecule has 1 aromatic carbocycles. The number of carboxylic acid groups (broad SMARTS) is 1. The van der Waals surface area contributed by atoms with Gasteiger partial charge in [-0.2, -0.15) is 0 Å². The van der Waals surface area contributed by atoms with Crippen molar-refractivity contribution in [3.63, 3.8) is 0 Å². The number of nitrogens with zero attached hydrogens (tertiary/aromatic N) is 1. The molecule has 0 saturated carbocycles. The van der Waals surface area contributed by atoms with Crippen molar-refractivity contribution in [3.8, 4) is 0 Å². The van der Waals surface area contributed by atoms with E-state index in [1.165, 1.54) is 19.1 Å². The Morgan fingerprint density at radius 2 is 2.19 bits per heavy atom. The van der Waals surface area contributed by atoms with Crippen molar-refractivity contribution in [2.45, 2.75) is 19.1 Å². The normalized spacial score (nSPS) is 23.4. The largest absolute Gasteiger partial charge is 0.481 e. The number of sulfonamides is 1. The van der Waals surface area contributed by atoms with E-state index in [0.29, 0.717) is 0 Å². The summed E-state index contributed by atoms with van der Waals surface area (Å²) in [5, 5.41) is 9.38. The molecule has 5 nitrogen and oxygen atoms in total. The highest BCUT2D eigenvalue weighted by Crippen LogP contribution is 2.33. The molecular weight excluding hydrogens is 321 g/mol. The first-order chi connectivity index (χ1) is 9.64. The van der Waals surface area contributed by atoms with Gasteiger partial charge in [-0.1, -0.05) is 11.6 Å². The molecule has 1 atom stereocenters. The van der Waals surface area contributed by atoms with Crippen molar-refractivity contribution in [2.75, 3.05) is 13.1 Å². The molecule has 1 heterocycles. The van der Waals surface area contributed by atoms with Crippen LogP contribution in [0, 0.1) is 11.2 Å². The molecule has 0 amide bonds. The van der Waals surface area contributed by atoms with E-state index in [9.17, 15) is 17.6 Å². The summed E-state index contributed by atoms with van der Waals surface area (Å²) >= 11 is 5.74. The van der Waals surface area contributed by atoms with E-state index in [0.717, 1.165) is 10.4 Å². The molecule has 8 heteroatoms. The maximum absolute atomic E-state index is 13.6. The molecule has 1 N–H and O–H groups in total. The smallest absolute Gasteiger partial charge is 0.310 e. The lowest BCUT2D eigenvalue weighted by Crippen LogP contribution is -2.35. The molecule has 0 aromatic heterocycles. The quantitative estimate of drug-likeness (QED) is 0.914. The van der Waals surface area contributed by atoms with E-state index >= 15 is 0 Å². The fourth-order valence-corrected chi connectivity index (χ4v) is 4.12. The Morgan fingerprint density at radius 3 is 2.76 bits per heavy atom. The van der Waals surface area contributed by atoms with Crippen LogP contribution in [0.3, 0.4) is 0 Å². The standard InChI is InChI=1S/C13H15ClFNO4S/c1-13(12(17)18)4-5-16(8-13)21(19,20)7-9-6-10(14)2-3-11(9)15/h2-3,6H,4-5,7-8H2,1H3,(H,17,18). The lowest BCUT2D eigenvalue weighted by molar-refractivity contribution is -0.146. The Labute approximate surface area is 127 Å². The maximum atomic E-state index is 13.6. The second-order valence-corrected chi connectivity index (χ2v) is 7.85. The zero-order valence-electron chi connectivity index (χ0n) is 11.3. The van der Waals surface area contributed by atoms with Crippen LogP contribution < -0.4 is 0 Å². The number of carbonyl (C=O) groups is 1. The Kier molecular flexibility index (Phi) is 4.28. The number of benzene rings is 1. The molecule has 1 unspecified atom stereocenters. The molecule has 21 heavy (non-hydrogen) atoms. The van der Waals surface area contributed by atoms with Crippen molar-refractivity contribution in [3.05, 3.63) is 34.6 Å². The first-order valence-corrected chi connectivity index (χ1v) is 8.28. The van der Waals surface area contributed by atoms with E-state index < -0.39 is 33.0 Å². The topological polar surface area (TPSA) is 74.7 Å². The second kappa shape index (κ2) is 5.55. The molecular formula is C13H15ClFNO4S. The zero-order valence-corrected chi connectivity index (χ0v) is 12.9. The third-order valence-electron chi connectivity index (χ3n) is 3.69. The molecule has 0 bridgehead atoms. The van der Waals surface area contributed by atoms with Crippen LogP contribution in [0.5, 0.6) is 0 Å². The van der Waals surface area contributed by atoms with Crippen molar-refractivity contribution in [1.82, 2.24) is 4.31 Å². The van der Waals surface area contributed by atoms with Gasteiger partial charge in [0.25, 0.3) is 0 Å². The van der Waals surface area contributed by atoms with Gasteiger partial charge in [-0.25, -0.2) is 17.1 Å². The van der Waals surface area contributed by atoms with Crippen LogP contribution in [0.1, 0.15) is 18.9 Å². The van der Waals surface area contributed by atoms with Gasteiger partial charge in [0, 0.05) is 23.7 Å². The molecule has 0 spiro atoms. The van der Waals surface area contributed by atoms with Crippen LogP contribution >= 0.6 is 11.6 Å². The molecule has 116 valence electrons. The van der Waals surface area contributed by atoms with Crippen LogP contribution in [-0.4, -0.2) is 36.9 Å². The number of carboxylic acids is 1. The molecule has 1 saturated heterocycles. The first-order valence-electron chi connectivity index (χ1n) is 6.29. The van der Waals surface area contributed by atoms with Crippen LogP contribution in [0.2, 0.25) is 5.02 Å². The fourth-order valence-electron chi connectivity index (χ4n) is 2.27.